The normalized spacial score (nSPS) is 26.3. The number of hydrogen-bond donors (Lipinski definition) is 3. The number of nitrogens with zero attached hydrogens (tertiary/aromatic N) is 1. The van der Waals surface area contributed by atoms with Gasteiger partial charge in [0.2, 0.25) is 5.91 Å². The van der Waals surface area contributed by atoms with Gasteiger partial charge in [0.15, 0.2) is 5.96 Å². The second-order valence-corrected chi connectivity index (χ2v) is 11.2. The second-order valence-electron chi connectivity index (χ2n) is 11.2. The van der Waals surface area contributed by atoms with E-state index in [4.69, 9.17) is 14.9 Å². The van der Waals surface area contributed by atoms with Crippen molar-refractivity contribution in [1.82, 2.24) is 15.5 Å². The highest BCUT2D eigenvalue weighted by molar-refractivity contribution is 6.00. The van der Waals surface area contributed by atoms with Crippen LogP contribution >= 0.6 is 0 Å². The lowest BCUT2D eigenvalue weighted by Crippen LogP contribution is -2.62. The summed E-state index contributed by atoms with van der Waals surface area (Å²) in [4.78, 5) is 28.5. The van der Waals surface area contributed by atoms with Crippen LogP contribution in [0.4, 0.5) is 0 Å². The van der Waals surface area contributed by atoms with E-state index in [9.17, 15) is 9.59 Å². The van der Waals surface area contributed by atoms with Gasteiger partial charge in [0.05, 0.1) is 31.2 Å². The highest BCUT2D eigenvalue weighted by Crippen LogP contribution is 2.61. The van der Waals surface area contributed by atoms with Crippen LogP contribution in [0.2, 0.25) is 0 Å². The van der Waals surface area contributed by atoms with Crippen molar-refractivity contribution in [3.05, 3.63) is 64.7 Å². The molecular formula is C30H36N4O4. The Labute approximate surface area is 223 Å². The Morgan fingerprint density at radius 2 is 1.95 bits per heavy atom. The number of nitrogens with one attached hydrogen (secondary N) is 3. The van der Waals surface area contributed by atoms with E-state index in [1.807, 2.05) is 32.0 Å². The van der Waals surface area contributed by atoms with Crippen molar-refractivity contribution in [2.45, 2.75) is 81.5 Å². The van der Waals surface area contributed by atoms with Gasteiger partial charge in [-0.1, -0.05) is 38.1 Å². The Morgan fingerprint density at radius 3 is 2.63 bits per heavy atom. The summed E-state index contributed by atoms with van der Waals surface area (Å²) in [5.41, 5.74) is 3.28. The molecule has 200 valence electrons. The molecule has 2 heterocycles. The molecule has 38 heavy (non-hydrogen) atoms. The van der Waals surface area contributed by atoms with Crippen molar-refractivity contribution in [3.8, 4) is 5.75 Å². The zero-order chi connectivity index (χ0) is 26.7. The van der Waals surface area contributed by atoms with Crippen molar-refractivity contribution >= 4 is 17.8 Å². The Kier molecular flexibility index (Phi) is 5.98. The number of hydrogen-bond acceptors (Lipinski definition) is 5. The van der Waals surface area contributed by atoms with E-state index in [2.05, 4.69) is 28.8 Å². The lowest BCUT2D eigenvalue weighted by atomic mass is 9.85. The van der Waals surface area contributed by atoms with Crippen LogP contribution in [0.25, 0.3) is 0 Å². The van der Waals surface area contributed by atoms with Gasteiger partial charge in [-0.05, 0) is 55.0 Å². The van der Waals surface area contributed by atoms with E-state index in [0.717, 1.165) is 36.8 Å². The minimum absolute atomic E-state index is 0.00768. The number of guanidine groups is 1. The summed E-state index contributed by atoms with van der Waals surface area (Å²) < 4.78 is 11.9. The van der Waals surface area contributed by atoms with E-state index in [1.54, 1.807) is 18.1 Å². The molecule has 1 spiro atoms. The lowest BCUT2D eigenvalue weighted by Gasteiger charge is -2.45. The molecule has 3 atom stereocenters. The number of fused-ring (bicyclic) bond motifs is 3. The number of ether oxygens (including phenoxy) is 2. The third-order valence-corrected chi connectivity index (χ3v) is 9.34. The first-order chi connectivity index (χ1) is 18.4. The van der Waals surface area contributed by atoms with Gasteiger partial charge < -0.3 is 20.1 Å². The quantitative estimate of drug-likeness (QED) is 0.530. The molecular weight excluding hydrogens is 480 g/mol. The molecule has 0 radical (unpaired) electrons. The predicted octanol–water partition coefficient (Wildman–Crippen LogP) is 4.36. The van der Waals surface area contributed by atoms with Crippen LogP contribution in [0.3, 0.4) is 0 Å². The summed E-state index contributed by atoms with van der Waals surface area (Å²) in [6.45, 7) is 4.54. The van der Waals surface area contributed by atoms with Crippen molar-refractivity contribution in [2.75, 3.05) is 13.7 Å². The molecule has 0 unspecified atom stereocenters. The third kappa shape index (κ3) is 3.72. The van der Waals surface area contributed by atoms with Gasteiger partial charge in [-0.15, -0.1) is 0 Å². The van der Waals surface area contributed by atoms with Gasteiger partial charge >= 0.3 is 0 Å². The fourth-order valence-corrected chi connectivity index (χ4v) is 6.93. The minimum Gasteiger partial charge on any atom is -0.493 e. The molecule has 4 aliphatic rings. The van der Waals surface area contributed by atoms with Crippen molar-refractivity contribution < 1.29 is 19.1 Å². The molecule has 2 fully saturated rings. The molecule has 6 rings (SSSR count). The van der Waals surface area contributed by atoms with E-state index in [0.29, 0.717) is 30.8 Å². The molecule has 2 amide bonds. The lowest BCUT2D eigenvalue weighted by molar-refractivity contribution is -0.133. The summed E-state index contributed by atoms with van der Waals surface area (Å²) in [7, 11) is 1.72. The van der Waals surface area contributed by atoms with Crippen LogP contribution in [0.15, 0.2) is 42.5 Å². The van der Waals surface area contributed by atoms with Crippen LogP contribution in [-0.4, -0.2) is 48.0 Å². The van der Waals surface area contributed by atoms with E-state index >= 15 is 0 Å². The number of rotatable bonds is 6. The maximum absolute atomic E-state index is 13.6. The van der Waals surface area contributed by atoms with Gasteiger partial charge in [-0.3, -0.25) is 19.9 Å². The van der Waals surface area contributed by atoms with Crippen LogP contribution in [0.5, 0.6) is 5.75 Å². The highest BCUT2D eigenvalue weighted by atomic mass is 16.5. The minimum atomic E-state index is -0.380. The van der Waals surface area contributed by atoms with Gasteiger partial charge in [0.1, 0.15) is 5.75 Å². The van der Waals surface area contributed by atoms with Crippen molar-refractivity contribution in [2.24, 2.45) is 0 Å². The molecule has 8 heteroatoms. The molecule has 8 nitrogen and oxygen atoms in total. The number of carbonyl (C=O) groups is 2. The summed E-state index contributed by atoms with van der Waals surface area (Å²) >= 11 is 0. The van der Waals surface area contributed by atoms with Gasteiger partial charge in [-0.25, -0.2) is 0 Å². The fraction of sp³-hybridized carbons (Fsp3) is 0.500. The smallest absolute Gasteiger partial charge is 0.251 e. The average Bonchev–Trinajstić information content (AvgIpc) is 3.68. The SMILES string of the molecule is CCC1(CC)CC(=O)N([C@@H]2CCOc3ccc(C(=O)N[C@H]4c5ccccc5C5(CC5)[C@@H]4OC)cc32)C(=N)N1. The summed E-state index contributed by atoms with van der Waals surface area (Å²) in [6, 6.07) is 13.1. The first-order valence-electron chi connectivity index (χ1n) is 13.7. The summed E-state index contributed by atoms with van der Waals surface area (Å²) in [5.74, 6) is 0.522. The maximum atomic E-state index is 13.6. The molecule has 1 saturated carbocycles. The monoisotopic (exact) mass is 516 g/mol. The molecule has 2 aromatic rings. The summed E-state index contributed by atoms with van der Waals surface area (Å²) in [5, 5.41) is 15.3. The third-order valence-electron chi connectivity index (χ3n) is 9.34. The second kappa shape index (κ2) is 9.12. The molecule has 2 aliphatic carbocycles. The van der Waals surface area contributed by atoms with Crippen LogP contribution < -0.4 is 15.4 Å². The molecule has 3 N–H and O–H groups in total. The number of methoxy groups -OCH3 is 1. The first kappa shape index (κ1) is 24.9. The Balaban J connectivity index is 1.28. The van der Waals surface area contributed by atoms with Crippen LogP contribution in [0.1, 0.15) is 91.5 Å². The van der Waals surface area contributed by atoms with Crippen LogP contribution in [0, 0.1) is 5.41 Å². The van der Waals surface area contributed by atoms with Crippen LogP contribution in [-0.2, 0) is 14.9 Å². The van der Waals surface area contributed by atoms with Gasteiger partial charge in [0.25, 0.3) is 5.91 Å². The molecule has 1 saturated heterocycles. The Morgan fingerprint density at radius 1 is 1.18 bits per heavy atom. The zero-order valence-corrected chi connectivity index (χ0v) is 22.3. The standard InChI is InChI=1S/C30H36N4O4/c1-4-29(5-2)17-24(35)34(28(31)33-29)22-12-15-38-23-11-10-18(16-20(22)23)27(36)32-25-19-8-6-7-9-21(19)30(13-14-30)26(25)37-3/h6-11,16,22,25-26H,4-5,12-15,17H2,1-3H3,(H2,31,33)(H,32,36)/t22-,25+,26-/m1/s1. The first-order valence-corrected chi connectivity index (χ1v) is 13.7. The predicted molar refractivity (Wildman–Crippen MR) is 143 cm³/mol. The molecule has 0 aromatic heterocycles. The topological polar surface area (TPSA) is 104 Å². The van der Waals surface area contributed by atoms with E-state index in [-0.39, 0.29) is 46.9 Å². The molecule has 2 aromatic carbocycles. The zero-order valence-electron chi connectivity index (χ0n) is 22.3. The van der Waals surface area contributed by atoms with Crippen molar-refractivity contribution in [3.63, 3.8) is 0 Å². The van der Waals surface area contributed by atoms with Gasteiger partial charge in [-0.2, -0.15) is 0 Å². The number of benzene rings is 2. The largest absolute Gasteiger partial charge is 0.493 e. The fourth-order valence-electron chi connectivity index (χ4n) is 6.93. The summed E-state index contributed by atoms with van der Waals surface area (Å²) in [6.07, 6.45) is 4.47. The molecule has 0 bridgehead atoms. The maximum Gasteiger partial charge on any atom is 0.251 e. The number of amides is 2. The van der Waals surface area contributed by atoms with E-state index < -0.39 is 0 Å². The molecule has 2 aliphatic heterocycles. The Hall–Kier alpha value is -3.39. The Bertz CT molecular complexity index is 1280. The highest BCUT2D eigenvalue weighted by Gasteiger charge is 2.60. The van der Waals surface area contributed by atoms with E-state index in [1.165, 1.54) is 5.56 Å². The number of carbonyl (C=O) groups excluding carboxylic acids is 2. The van der Waals surface area contributed by atoms with Crippen molar-refractivity contribution in [1.29, 1.82) is 5.41 Å². The van der Waals surface area contributed by atoms with Gasteiger partial charge in [0, 0.05) is 35.6 Å². The average molecular weight is 517 g/mol.